The van der Waals surface area contributed by atoms with Crippen LogP contribution in [-0.4, -0.2) is 4.57 Å². The molecule has 0 bridgehead atoms. The minimum atomic E-state index is 0.530. The van der Waals surface area contributed by atoms with Gasteiger partial charge in [0, 0.05) is 10.9 Å². The van der Waals surface area contributed by atoms with E-state index >= 15 is 0 Å². The molecular formula is C28H20I4N2. The van der Waals surface area contributed by atoms with Gasteiger partial charge in [0.1, 0.15) is 5.69 Å². The molecule has 0 saturated carbocycles. The first-order chi connectivity index (χ1) is 16.7. The number of aryl methyl sites for hydroxylation is 1. The maximum atomic E-state index is 2.53. The predicted molar refractivity (Wildman–Crippen MR) is 165 cm³/mol. The van der Waals surface area contributed by atoms with E-state index in [0.717, 1.165) is 0 Å². The van der Waals surface area contributed by atoms with Gasteiger partial charge in [-0.15, -0.1) is 0 Å². The molecule has 0 saturated heterocycles. The average Bonchev–Trinajstić information content (AvgIpc) is 3.21. The third-order valence-corrected chi connectivity index (χ3v) is 7.05. The number of para-hydroxylation sites is 3. The molecule has 34 heavy (non-hydrogen) atoms. The molecule has 0 radical (unpaired) electrons. The molecule has 2 aromatic heterocycles. The van der Waals surface area contributed by atoms with Gasteiger partial charge in [-0.25, -0.2) is 0 Å². The Morgan fingerprint density at radius 2 is 1.29 bits per heavy atom. The summed E-state index contributed by atoms with van der Waals surface area (Å²) in [5.41, 5.74) is 8.51. The monoisotopic (exact) mass is 892 g/mol. The summed E-state index contributed by atoms with van der Waals surface area (Å²) in [5, 5.41) is 2.53. The molecule has 4 aromatic carbocycles. The zero-order valence-corrected chi connectivity index (χ0v) is 26.9. The van der Waals surface area contributed by atoms with Gasteiger partial charge in [0.15, 0.2) is 16.7 Å². The van der Waals surface area contributed by atoms with Crippen LogP contribution in [0.1, 0.15) is 5.56 Å². The quantitative estimate of drug-likeness (QED) is 0.152. The van der Waals surface area contributed by atoms with Crippen molar-refractivity contribution in [1.82, 2.24) is 4.57 Å². The van der Waals surface area contributed by atoms with Crippen LogP contribution in [0, 0.1) is 10.5 Å². The first kappa shape index (κ1) is 24.7. The van der Waals surface area contributed by atoms with Crippen molar-refractivity contribution >= 4 is 87.3 Å². The van der Waals surface area contributed by atoms with Crippen molar-refractivity contribution in [3.63, 3.8) is 0 Å². The van der Waals surface area contributed by atoms with Crippen LogP contribution in [0.5, 0.6) is 0 Å². The van der Waals surface area contributed by atoms with E-state index in [9.17, 15) is 0 Å². The Kier molecular flexibility index (Phi) is 7.96. The number of hydrogen-bond donors (Lipinski definition) is 0. The summed E-state index contributed by atoms with van der Waals surface area (Å²) in [7, 11) is 0. The molecule has 2 nitrogen and oxygen atoms in total. The molecule has 2 heterocycles. The number of halogens is 4. The number of hydrogen-bond acceptors (Lipinski definition) is 0. The van der Waals surface area contributed by atoms with Gasteiger partial charge in [-0.2, -0.15) is 8.97 Å². The Balaban J connectivity index is 0.000000764. The second kappa shape index (κ2) is 11.0. The van der Waals surface area contributed by atoms with E-state index in [2.05, 4.69) is 179 Å². The van der Waals surface area contributed by atoms with Crippen molar-refractivity contribution in [2.75, 3.05) is 0 Å². The molecule has 6 rings (SSSR count). The van der Waals surface area contributed by atoms with Crippen molar-refractivity contribution in [2.24, 2.45) is 0 Å². The van der Waals surface area contributed by atoms with E-state index in [4.69, 9.17) is 0 Å². The number of nitrogens with zero attached hydrogens (tertiary/aromatic N) is 2. The van der Waals surface area contributed by atoms with E-state index in [1.807, 2.05) is 0 Å². The Morgan fingerprint density at radius 3 is 2.00 bits per heavy atom. The van der Waals surface area contributed by atoms with Crippen molar-refractivity contribution in [3.8, 4) is 16.9 Å². The van der Waals surface area contributed by atoms with Crippen molar-refractivity contribution < 1.29 is 17.7 Å². The SMILES string of the molecule is Cc1ccc(-c2c(I)c3ccccc3c3n(-c4ccccc4)c4ccccc4[n+]23)cc1.I[I-]I. The maximum absolute atomic E-state index is 2.53. The van der Waals surface area contributed by atoms with Gasteiger partial charge in [-0.05, 0) is 59.8 Å². The molecule has 0 spiro atoms. The molecule has 0 N–H and O–H groups in total. The fraction of sp³-hybridized carbons (Fsp3) is 0.0357. The third kappa shape index (κ3) is 4.47. The molecule has 0 aliphatic heterocycles. The first-order valence-electron chi connectivity index (χ1n) is 10.7. The first-order valence-corrected chi connectivity index (χ1v) is 24.4. The number of imidazole rings is 1. The van der Waals surface area contributed by atoms with Crippen LogP contribution >= 0.6 is 59.8 Å². The summed E-state index contributed by atoms with van der Waals surface area (Å²) in [6, 6.07) is 37.0. The zero-order chi connectivity index (χ0) is 23.7. The molecular weight excluding hydrogens is 872 g/mol. The minimum absolute atomic E-state index is 0.530. The van der Waals surface area contributed by atoms with Crippen molar-refractivity contribution in [3.05, 3.63) is 112 Å². The number of pyridine rings is 1. The fourth-order valence-electron chi connectivity index (χ4n) is 4.54. The predicted octanol–water partition coefficient (Wildman–Crippen LogP) is 5.88. The van der Waals surface area contributed by atoms with Gasteiger partial charge in [0.05, 0.1) is 8.96 Å². The normalized spacial score (nSPS) is 11.2. The van der Waals surface area contributed by atoms with Gasteiger partial charge < -0.3 is 0 Å². The average molecular weight is 892 g/mol. The van der Waals surface area contributed by atoms with E-state index in [0.29, 0.717) is 13.3 Å². The Bertz CT molecular complexity index is 1610. The van der Waals surface area contributed by atoms with Gasteiger partial charge in [0.2, 0.25) is 0 Å². The second-order valence-electron chi connectivity index (χ2n) is 7.95. The van der Waals surface area contributed by atoms with Crippen LogP contribution in [0.25, 0.3) is 44.4 Å². The van der Waals surface area contributed by atoms with Crippen LogP contribution in [0.2, 0.25) is 0 Å². The van der Waals surface area contributed by atoms with Crippen LogP contribution in [0.4, 0.5) is 0 Å². The number of benzene rings is 4. The third-order valence-electron chi connectivity index (χ3n) is 5.96. The molecule has 0 fully saturated rings. The van der Waals surface area contributed by atoms with E-state index < -0.39 is 0 Å². The van der Waals surface area contributed by atoms with Gasteiger partial charge in [0.25, 0.3) is 0 Å². The summed E-state index contributed by atoms with van der Waals surface area (Å²) in [6.45, 7) is 2.14. The molecule has 6 heteroatoms. The summed E-state index contributed by atoms with van der Waals surface area (Å²) >= 11 is 7.83. The van der Waals surface area contributed by atoms with Crippen LogP contribution in [0.15, 0.2) is 103 Å². The fourth-order valence-corrected chi connectivity index (χ4v) is 5.56. The molecule has 0 aliphatic carbocycles. The summed E-state index contributed by atoms with van der Waals surface area (Å²) in [6.07, 6.45) is 0. The van der Waals surface area contributed by atoms with E-state index in [1.54, 1.807) is 0 Å². The molecule has 0 unspecified atom stereocenters. The second-order valence-corrected chi connectivity index (χ2v) is 25.3. The zero-order valence-electron chi connectivity index (χ0n) is 18.2. The molecule has 6 aromatic rings. The Morgan fingerprint density at radius 1 is 0.706 bits per heavy atom. The molecule has 0 amide bonds. The van der Waals surface area contributed by atoms with E-state index in [1.165, 1.54) is 53.5 Å². The van der Waals surface area contributed by atoms with Gasteiger partial charge >= 0.3 is 56.1 Å². The number of aromatic nitrogens is 2. The van der Waals surface area contributed by atoms with Gasteiger partial charge in [-0.1, -0.05) is 78.4 Å². The van der Waals surface area contributed by atoms with Crippen molar-refractivity contribution in [2.45, 2.75) is 6.92 Å². The summed E-state index contributed by atoms with van der Waals surface area (Å²) in [5.74, 6) is 0. The molecule has 0 aliphatic rings. The van der Waals surface area contributed by atoms with E-state index in [-0.39, 0.29) is 0 Å². The summed E-state index contributed by atoms with van der Waals surface area (Å²) < 4.78 is 6.10. The summed E-state index contributed by atoms with van der Waals surface area (Å²) in [4.78, 5) is 0. The van der Waals surface area contributed by atoms with Crippen LogP contribution < -0.4 is 17.7 Å². The standard InChI is InChI=1S/C28H20IN2.I3/c1-19-15-17-20(18-16-19)27-26(29)22-11-5-6-12-23(22)28-30(21-9-3-2-4-10-21)24-13-7-8-14-25(24)31(27)28;1-3-2/h2-18H,1H3;/q+1;-1. The molecule has 0 atom stereocenters. The van der Waals surface area contributed by atoms with Crippen molar-refractivity contribution in [1.29, 1.82) is 0 Å². The van der Waals surface area contributed by atoms with Crippen LogP contribution in [0.3, 0.4) is 0 Å². The topological polar surface area (TPSA) is 9.03 Å². The number of rotatable bonds is 2. The Labute approximate surface area is 242 Å². The Hall–Kier alpha value is -0.990. The number of fused-ring (bicyclic) bond motifs is 5. The van der Waals surface area contributed by atoms with Gasteiger partial charge in [-0.3, -0.25) is 0 Å². The van der Waals surface area contributed by atoms with Crippen LogP contribution in [-0.2, 0) is 0 Å². The molecule has 170 valence electrons.